The average Bonchev–Trinajstić information content (AvgIpc) is 2.83. The van der Waals surface area contributed by atoms with Crippen molar-refractivity contribution in [2.24, 2.45) is 0 Å². The van der Waals surface area contributed by atoms with Crippen LogP contribution in [0.1, 0.15) is 194 Å². The molecular weight excluding hydrogens is 450 g/mol. The number of hydrogen-bond acceptors (Lipinski definition) is 0. The van der Waals surface area contributed by atoms with Crippen LogP contribution in [0.3, 0.4) is 0 Å². The summed E-state index contributed by atoms with van der Waals surface area (Å²) in [6, 6.07) is 0. The zero-order valence-electron chi connectivity index (χ0n) is 23.9. The number of unbranched alkanes of at least 4 members (excludes halogenated alkanes) is 26. The first-order valence-corrected chi connectivity index (χ1v) is 20.6. The third-order valence-electron chi connectivity index (χ3n) is 7.71. The fourth-order valence-corrected chi connectivity index (χ4v) is 8.98. The molecule has 1 heteroatoms. The molecule has 0 aliphatic heterocycles. The Balaban J connectivity index is 2.99. The Labute approximate surface area is 220 Å². The minimum atomic E-state index is -0.135. The average molecular weight is 516 g/mol. The molecular formula is C32H66Zn. The summed E-state index contributed by atoms with van der Waals surface area (Å²) in [5.41, 5.74) is 0. The third-order valence-corrected chi connectivity index (χ3v) is 11.9. The van der Waals surface area contributed by atoms with E-state index in [-0.39, 0.29) is 17.1 Å². The quantitative estimate of drug-likeness (QED) is 0.0658. The Morgan fingerprint density at radius 1 is 0.242 bits per heavy atom. The van der Waals surface area contributed by atoms with E-state index < -0.39 is 0 Å². The molecule has 0 aromatic rings. The third kappa shape index (κ3) is 32.6. The van der Waals surface area contributed by atoms with Crippen molar-refractivity contribution >= 4 is 0 Å². The van der Waals surface area contributed by atoms with Crippen molar-refractivity contribution in [3.05, 3.63) is 0 Å². The molecule has 0 unspecified atom stereocenters. The van der Waals surface area contributed by atoms with Crippen LogP contribution in [0.5, 0.6) is 0 Å². The smallest absolute Gasteiger partial charge is 0.0654 e. The molecule has 0 N–H and O–H groups in total. The van der Waals surface area contributed by atoms with Crippen molar-refractivity contribution in [2.45, 2.75) is 204 Å². The van der Waals surface area contributed by atoms with E-state index in [1.54, 1.807) is 35.7 Å². The van der Waals surface area contributed by atoms with Crippen molar-refractivity contribution < 1.29 is 17.1 Å². The van der Waals surface area contributed by atoms with Crippen LogP contribution in [-0.2, 0) is 17.1 Å². The number of rotatable bonds is 30. The molecule has 0 aromatic heterocycles. The van der Waals surface area contributed by atoms with Crippen molar-refractivity contribution in [1.82, 2.24) is 0 Å². The van der Waals surface area contributed by atoms with E-state index >= 15 is 0 Å². The summed E-state index contributed by atoms with van der Waals surface area (Å²) in [5.74, 6) is 0. The Morgan fingerprint density at radius 3 is 0.636 bits per heavy atom. The van der Waals surface area contributed by atoms with Crippen LogP contribution < -0.4 is 0 Å². The molecule has 0 aliphatic rings. The van der Waals surface area contributed by atoms with Crippen LogP contribution in [0.2, 0.25) is 10.0 Å². The van der Waals surface area contributed by atoms with Gasteiger partial charge in [0.2, 0.25) is 0 Å². The van der Waals surface area contributed by atoms with E-state index in [4.69, 9.17) is 0 Å². The zero-order chi connectivity index (χ0) is 23.9. The maximum absolute atomic E-state index is 2.31. The molecule has 0 heterocycles. The van der Waals surface area contributed by atoms with Gasteiger partial charge in [-0.25, -0.2) is 0 Å². The number of hydrogen-bond donors (Lipinski definition) is 0. The molecule has 0 amide bonds. The molecule has 0 aliphatic carbocycles. The Hall–Kier alpha value is 0.623. The molecule has 0 spiro atoms. The molecule has 0 radical (unpaired) electrons. The first-order valence-electron chi connectivity index (χ1n) is 16.4. The van der Waals surface area contributed by atoms with Crippen molar-refractivity contribution in [3.8, 4) is 0 Å². The second-order valence-corrected chi connectivity index (χ2v) is 15.7. The molecule has 0 fully saturated rings. The molecule has 0 rings (SSSR count). The fourth-order valence-electron chi connectivity index (χ4n) is 5.27. The van der Waals surface area contributed by atoms with Gasteiger partial charge in [-0.1, -0.05) is 52.4 Å². The summed E-state index contributed by atoms with van der Waals surface area (Å²) in [6.45, 7) is 4.62. The molecule has 33 heavy (non-hydrogen) atoms. The second-order valence-electron chi connectivity index (χ2n) is 11.3. The molecule has 0 saturated carbocycles. The summed E-state index contributed by atoms with van der Waals surface area (Å²) >= 11 is -0.135. The predicted molar refractivity (Wildman–Crippen MR) is 150 cm³/mol. The normalized spacial score (nSPS) is 11.2. The first kappa shape index (κ1) is 33.6. The van der Waals surface area contributed by atoms with Gasteiger partial charge in [-0.15, -0.1) is 0 Å². The minimum Gasteiger partial charge on any atom is -0.0654 e. The molecule has 0 atom stereocenters. The van der Waals surface area contributed by atoms with Crippen LogP contribution >= 0.6 is 0 Å². The molecule has 0 bridgehead atoms. The molecule has 0 aromatic carbocycles. The van der Waals surface area contributed by atoms with Crippen molar-refractivity contribution in [1.29, 1.82) is 0 Å². The summed E-state index contributed by atoms with van der Waals surface area (Å²) in [7, 11) is 0. The van der Waals surface area contributed by atoms with Crippen molar-refractivity contribution in [3.63, 3.8) is 0 Å². The van der Waals surface area contributed by atoms with Crippen molar-refractivity contribution in [2.75, 3.05) is 0 Å². The van der Waals surface area contributed by atoms with E-state index in [1.807, 2.05) is 0 Å². The van der Waals surface area contributed by atoms with Gasteiger partial charge >= 0.3 is 168 Å². The van der Waals surface area contributed by atoms with Gasteiger partial charge in [0, 0.05) is 0 Å². The SMILES string of the molecule is CCCCCCCCCCCCCCC[CH2][Zn][CH2]CCCCCCCCCCCCCCC. The topological polar surface area (TPSA) is 0 Å². The molecule has 0 nitrogen and oxygen atoms in total. The van der Waals surface area contributed by atoms with E-state index in [2.05, 4.69) is 13.8 Å². The Bertz CT molecular complexity index is 284. The zero-order valence-corrected chi connectivity index (χ0v) is 26.9. The standard InChI is InChI=1S/2C16H33.Zn/c2*1-3-5-7-9-11-13-15-16-14-12-10-8-6-4-2;/h2*1,3-16H2,2H3;. The second kappa shape index (κ2) is 32.6. The maximum atomic E-state index is 2.31. The van der Waals surface area contributed by atoms with Gasteiger partial charge < -0.3 is 0 Å². The van der Waals surface area contributed by atoms with E-state index in [0.717, 1.165) is 0 Å². The van der Waals surface area contributed by atoms with Crippen LogP contribution in [-0.4, -0.2) is 0 Å². The van der Waals surface area contributed by atoms with Crippen LogP contribution in [0.15, 0.2) is 0 Å². The Kier molecular flexibility index (Phi) is 33.2. The van der Waals surface area contributed by atoms with Crippen LogP contribution in [0.25, 0.3) is 0 Å². The van der Waals surface area contributed by atoms with Gasteiger partial charge in [0.1, 0.15) is 0 Å². The van der Waals surface area contributed by atoms with E-state index in [1.165, 1.54) is 154 Å². The summed E-state index contributed by atoms with van der Waals surface area (Å²) in [5, 5.41) is 3.37. The van der Waals surface area contributed by atoms with Gasteiger partial charge in [-0.3, -0.25) is 0 Å². The summed E-state index contributed by atoms with van der Waals surface area (Å²) in [4.78, 5) is 0. The molecule has 0 saturated heterocycles. The van der Waals surface area contributed by atoms with E-state index in [0.29, 0.717) is 0 Å². The first-order chi connectivity index (χ1) is 16.4. The monoisotopic (exact) mass is 514 g/mol. The van der Waals surface area contributed by atoms with Gasteiger partial charge in [0.25, 0.3) is 0 Å². The predicted octanol–water partition coefficient (Wildman–Crippen LogP) is 12.9. The molecule has 196 valence electrons. The van der Waals surface area contributed by atoms with Crippen LogP contribution in [0, 0.1) is 0 Å². The Morgan fingerprint density at radius 2 is 0.424 bits per heavy atom. The fraction of sp³-hybridized carbons (Fsp3) is 1.00. The van der Waals surface area contributed by atoms with Gasteiger partial charge in [0.05, 0.1) is 0 Å². The summed E-state index contributed by atoms with van der Waals surface area (Å²) < 4.78 is 0. The van der Waals surface area contributed by atoms with Gasteiger partial charge in [-0.05, 0) is 0 Å². The van der Waals surface area contributed by atoms with Gasteiger partial charge in [-0.2, -0.15) is 0 Å². The van der Waals surface area contributed by atoms with Gasteiger partial charge in [0.15, 0.2) is 0 Å². The minimum absolute atomic E-state index is 0.135. The van der Waals surface area contributed by atoms with E-state index in [9.17, 15) is 0 Å². The summed E-state index contributed by atoms with van der Waals surface area (Å²) in [6.07, 6.45) is 41.9. The van der Waals surface area contributed by atoms with Crippen LogP contribution in [0.4, 0.5) is 0 Å².